The average Bonchev–Trinajstić information content (AvgIpc) is 2.35. The van der Waals surface area contributed by atoms with Crippen LogP contribution >= 0.6 is 15.9 Å². The van der Waals surface area contributed by atoms with E-state index in [1.807, 2.05) is 6.07 Å². The van der Waals surface area contributed by atoms with E-state index in [2.05, 4.69) is 21.2 Å². The predicted octanol–water partition coefficient (Wildman–Crippen LogP) is 4.20. The van der Waals surface area contributed by atoms with Crippen molar-refractivity contribution < 1.29 is 13.9 Å². The molecule has 18 heavy (non-hydrogen) atoms. The molecule has 92 valence electrons. The maximum absolute atomic E-state index is 13.0. The second-order valence-electron chi connectivity index (χ2n) is 3.46. The third-order valence-electron chi connectivity index (χ3n) is 2.12. The highest BCUT2D eigenvalue weighted by atomic mass is 79.9. The number of ether oxygens (including phenoxy) is 1. The zero-order chi connectivity index (χ0) is 13.0. The molecular weight excluding hydrogens is 301 g/mol. The Hall–Kier alpha value is -1.88. The Balaban J connectivity index is 2.01. The fourth-order valence-electron chi connectivity index (χ4n) is 1.31. The Labute approximate surface area is 112 Å². The van der Waals surface area contributed by atoms with Gasteiger partial charge in [0.15, 0.2) is 0 Å². The molecule has 0 bridgehead atoms. The van der Waals surface area contributed by atoms with Crippen LogP contribution in [0.2, 0.25) is 0 Å². The van der Waals surface area contributed by atoms with Crippen LogP contribution in [0.25, 0.3) is 0 Å². The van der Waals surface area contributed by atoms with Crippen LogP contribution in [-0.4, -0.2) is 6.09 Å². The first-order chi connectivity index (χ1) is 8.65. The van der Waals surface area contributed by atoms with Gasteiger partial charge >= 0.3 is 6.09 Å². The lowest BCUT2D eigenvalue weighted by molar-refractivity contribution is 0.215. The van der Waals surface area contributed by atoms with E-state index in [-0.39, 0.29) is 4.47 Å². The molecule has 0 saturated heterocycles. The summed E-state index contributed by atoms with van der Waals surface area (Å²) in [4.78, 5) is 11.5. The van der Waals surface area contributed by atoms with E-state index in [9.17, 15) is 9.18 Å². The summed E-state index contributed by atoms with van der Waals surface area (Å²) in [6.45, 7) is 0. The Morgan fingerprint density at radius 3 is 2.56 bits per heavy atom. The van der Waals surface area contributed by atoms with E-state index >= 15 is 0 Å². The first kappa shape index (κ1) is 12.6. The number of anilines is 1. The maximum atomic E-state index is 13.0. The Bertz CT molecular complexity index is 560. The normalized spacial score (nSPS) is 9.89. The van der Waals surface area contributed by atoms with Crippen molar-refractivity contribution in [1.82, 2.24) is 0 Å². The lowest BCUT2D eigenvalue weighted by Crippen LogP contribution is -2.16. The molecule has 2 aromatic carbocycles. The van der Waals surface area contributed by atoms with E-state index in [0.717, 1.165) is 0 Å². The predicted molar refractivity (Wildman–Crippen MR) is 70.2 cm³/mol. The van der Waals surface area contributed by atoms with Crippen molar-refractivity contribution in [2.75, 3.05) is 5.32 Å². The van der Waals surface area contributed by atoms with Crippen molar-refractivity contribution >= 4 is 27.7 Å². The molecule has 2 aromatic rings. The number of carbonyl (C=O) groups excluding carboxylic acids is 1. The number of nitrogens with one attached hydrogen (secondary N) is 1. The molecule has 5 heteroatoms. The number of carbonyl (C=O) groups is 1. The van der Waals surface area contributed by atoms with Crippen LogP contribution in [0.5, 0.6) is 5.75 Å². The van der Waals surface area contributed by atoms with Crippen LogP contribution in [0.4, 0.5) is 14.9 Å². The van der Waals surface area contributed by atoms with E-state index in [1.165, 1.54) is 18.2 Å². The first-order valence-electron chi connectivity index (χ1n) is 5.14. The van der Waals surface area contributed by atoms with Crippen LogP contribution in [0.3, 0.4) is 0 Å². The molecule has 1 N–H and O–H groups in total. The van der Waals surface area contributed by atoms with Gasteiger partial charge in [-0.15, -0.1) is 0 Å². The Morgan fingerprint density at radius 2 is 1.89 bits per heavy atom. The average molecular weight is 310 g/mol. The Kier molecular flexibility index (Phi) is 3.94. The van der Waals surface area contributed by atoms with Crippen LogP contribution in [-0.2, 0) is 0 Å². The quantitative estimate of drug-likeness (QED) is 0.903. The lowest BCUT2D eigenvalue weighted by atomic mass is 10.3. The highest BCUT2D eigenvalue weighted by Crippen LogP contribution is 2.20. The molecule has 0 heterocycles. The van der Waals surface area contributed by atoms with Crippen LogP contribution in [0.15, 0.2) is 53.0 Å². The van der Waals surface area contributed by atoms with Gasteiger partial charge in [-0.2, -0.15) is 0 Å². The van der Waals surface area contributed by atoms with Crippen molar-refractivity contribution in [2.45, 2.75) is 0 Å². The van der Waals surface area contributed by atoms with Crippen molar-refractivity contribution in [3.05, 3.63) is 58.8 Å². The minimum absolute atomic E-state index is 0.278. The van der Waals surface area contributed by atoms with Crippen molar-refractivity contribution in [3.63, 3.8) is 0 Å². The van der Waals surface area contributed by atoms with Gasteiger partial charge in [0, 0.05) is 5.69 Å². The number of para-hydroxylation sites is 1. The molecule has 3 nitrogen and oxygen atoms in total. The lowest BCUT2D eigenvalue weighted by Gasteiger charge is -2.06. The first-order valence-corrected chi connectivity index (χ1v) is 5.93. The molecular formula is C13H9BrFNO2. The highest BCUT2D eigenvalue weighted by Gasteiger charge is 2.06. The molecule has 0 saturated carbocycles. The van der Waals surface area contributed by atoms with Crippen molar-refractivity contribution in [2.24, 2.45) is 0 Å². The Morgan fingerprint density at radius 1 is 1.17 bits per heavy atom. The number of amides is 1. The molecule has 0 aliphatic carbocycles. The van der Waals surface area contributed by atoms with Gasteiger partial charge < -0.3 is 4.74 Å². The smallest absolute Gasteiger partial charge is 0.410 e. The third kappa shape index (κ3) is 3.30. The fraction of sp³-hybridized carbons (Fsp3) is 0. The van der Waals surface area contributed by atoms with Gasteiger partial charge in [-0.1, -0.05) is 18.2 Å². The standard InChI is InChI=1S/C13H9BrFNO2/c14-11-8-9(6-7-12(11)15)16-13(17)18-10-4-2-1-3-5-10/h1-8H,(H,16,17). The molecule has 0 fully saturated rings. The largest absolute Gasteiger partial charge is 0.417 e. The zero-order valence-electron chi connectivity index (χ0n) is 9.19. The van der Waals surface area contributed by atoms with Gasteiger partial charge in [0.2, 0.25) is 0 Å². The number of hydrogen-bond acceptors (Lipinski definition) is 2. The fourth-order valence-corrected chi connectivity index (χ4v) is 1.69. The van der Waals surface area contributed by atoms with E-state index in [0.29, 0.717) is 11.4 Å². The molecule has 0 aromatic heterocycles. The van der Waals surface area contributed by atoms with E-state index < -0.39 is 11.9 Å². The number of rotatable bonds is 2. The second-order valence-corrected chi connectivity index (χ2v) is 4.31. The van der Waals surface area contributed by atoms with Gasteiger partial charge in [0.1, 0.15) is 11.6 Å². The summed E-state index contributed by atoms with van der Waals surface area (Å²) in [7, 11) is 0. The summed E-state index contributed by atoms with van der Waals surface area (Å²) in [6, 6.07) is 12.8. The van der Waals surface area contributed by atoms with Crippen molar-refractivity contribution in [1.29, 1.82) is 0 Å². The molecule has 0 aliphatic heterocycles. The van der Waals surface area contributed by atoms with Gasteiger partial charge in [-0.25, -0.2) is 9.18 Å². The molecule has 0 aliphatic rings. The highest BCUT2D eigenvalue weighted by molar-refractivity contribution is 9.10. The maximum Gasteiger partial charge on any atom is 0.417 e. The summed E-state index contributed by atoms with van der Waals surface area (Å²) in [5.74, 6) is 0.0492. The number of halogens is 2. The summed E-state index contributed by atoms with van der Waals surface area (Å²) < 4.78 is 18.3. The summed E-state index contributed by atoms with van der Waals surface area (Å²) in [6.07, 6.45) is -0.625. The van der Waals surface area contributed by atoms with Gasteiger partial charge in [-0.3, -0.25) is 5.32 Å². The molecule has 0 atom stereocenters. The molecule has 0 radical (unpaired) electrons. The summed E-state index contributed by atoms with van der Waals surface area (Å²) >= 11 is 3.04. The van der Waals surface area contributed by atoms with E-state index in [4.69, 9.17) is 4.74 Å². The minimum Gasteiger partial charge on any atom is -0.410 e. The van der Waals surface area contributed by atoms with Crippen molar-refractivity contribution in [3.8, 4) is 5.75 Å². The molecule has 0 unspecified atom stereocenters. The number of hydrogen-bond donors (Lipinski definition) is 1. The van der Waals surface area contributed by atoms with Crippen LogP contribution in [0.1, 0.15) is 0 Å². The topological polar surface area (TPSA) is 38.3 Å². The molecule has 1 amide bonds. The van der Waals surface area contributed by atoms with Crippen LogP contribution < -0.4 is 10.1 Å². The van der Waals surface area contributed by atoms with Gasteiger partial charge in [0.25, 0.3) is 0 Å². The summed E-state index contributed by atoms with van der Waals surface area (Å²) in [5, 5.41) is 2.50. The molecule has 2 rings (SSSR count). The number of benzene rings is 2. The van der Waals surface area contributed by atoms with Gasteiger partial charge in [-0.05, 0) is 46.3 Å². The second kappa shape index (κ2) is 5.64. The van der Waals surface area contributed by atoms with Crippen LogP contribution in [0, 0.1) is 5.82 Å². The monoisotopic (exact) mass is 309 g/mol. The summed E-state index contributed by atoms with van der Waals surface area (Å²) in [5.41, 5.74) is 0.448. The molecule has 0 spiro atoms. The van der Waals surface area contributed by atoms with Gasteiger partial charge in [0.05, 0.1) is 4.47 Å². The zero-order valence-corrected chi connectivity index (χ0v) is 10.8. The third-order valence-corrected chi connectivity index (χ3v) is 2.73. The minimum atomic E-state index is -0.625. The van der Waals surface area contributed by atoms with E-state index in [1.54, 1.807) is 24.3 Å². The SMILES string of the molecule is O=C(Nc1ccc(F)c(Br)c1)Oc1ccccc1.